The monoisotopic (exact) mass is 394 g/mol. The van der Waals surface area contributed by atoms with Crippen molar-refractivity contribution in [3.8, 4) is 0 Å². The fourth-order valence-electron chi connectivity index (χ4n) is 3.68. The van der Waals surface area contributed by atoms with Crippen LogP contribution in [-0.2, 0) is 18.3 Å². The number of nitrogens with zero attached hydrogens (tertiary/aromatic N) is 3. The molecule has 0 bridgehead atoms. The number of rotatable bonds is 6. The van der Waals surface area contributed by atoms with Crippen LogP contribution in [-0.4, -0.2) is 26.8 Å². The van der Waals surface area contributed by atoms with E-state index in [9.17, 15) is 9.59 Å². The van der Waals surface area contributed by atoms with Gasteiger partial charge in [0.1, 0.15) is 11.6 Å². The molecule has 0 radical (unpaired) electrons. The van der Waals surface area contributed by atoms with Crippen molar-refractivity contribution in [2.45, 2.75) is 25.8 Å². The number of carbonyl (C=O) groups excluding carboxylic acids is 1. The number of hydrogen-bond donors (Lipinski definition) is 1. The van der Waals surface area contributed by atoms with E-state index in [4.69, 9.17) is 0 Å². The summed E-state index contributed by atoms with van der Waals surface area (Å²) < 4.78 is 3.20. The summed E-state index contributed by atoms with van der Waals surface area (Å²) in [4.78, 5) is 27.2. The Hall–Kier alpha value is -2.93. The maximum atomic E-state index is 13.0. The van der Waals surface area contributed by atoms with Crippen LogP contribution in [0.2, 0.25) is 0 Å². The summed E-state index contributed by atoms with van der Waals surface area (Å²) in [5.74, 6) is -0.0689. The molecule has 1 amide bonds. The van der Waals surface area contributed by atoms with Crippen molar-refractivity contribution in [2.75, 3.05) is 6.54 Å². The zero-order chi connectivity index (χ0) is 19.7. The first kappa shape index (κ1) is 18.4. The highest BCUT2D eigenvalue weighted by Crippen LogP contribution is 2.30. The molecule has 1 N–H and O–H groups in total. The molecular formula is C21H22N4O2S. The Bertz CT molecular complexity index is 1190. The van der Waals surface area contributed by atoms with Crippen LogP contribution < -0.4 is 10.9 Å². The standard InChI is InChI=1S/C21H22N4O2S/c1-3-17(20(26)22-11-10-14-7-6-12-28-14)25-18-9-5-4-8-15(18)16-13-23-24(2)21(27)19(16)25/h4-9,12-13,17H,3,10-11H2,1-2H3,(H,22,26)/t17-/m1/s1. The fraction of sp³-hybridized carbons (Fsp3) is 0.286. The number of aromatic nitrogens is 3. The summed E-state index contributed by atoms with van der Waals surface area (Å²) in [5, 5.41) is 11.0. The molecule has 0 aliphatic rings. The summed E-state index contributed by atoms with van der Waals surface area (Å²) >= 11 is 1.69. The number of amides is 1. The van der Waals surface area contributed by atoms with Crippen molar-refractivity contribution in [3.63, 3.8) is 0 Å². The molecule has 0 fully saturated rings. The van der Waals surface area contributed by atoms with E-state index in [1.54, 1.807) is 24.6 Å². The molecule has 28 heavy (non-hydrogen) atoms. The second-order valence-electron chi connectivity index (χ2n) is 6.77. The van der Waals surface area contributed by atoms with Crippen molar-refractivity contribution >= 4 is 39.0 Å². The van der Waals surface area contributed by atoms with Gasteiger partial charge in [-0.1, -0.05) is 31.2 Å². The van der Waals surface area contributed by atoms with Gasteiger partial charge < -0.3 is 9.88 Å². The lowest BCUT2D eigenvalue weighted by Gasteiger charge is -2.19. The number of para-hydroxylation sites is 1. The zero-order valence-electron chi connectivity index (χ0n) is 15.9. The molecule has 0 saturated heterocycles. The highest BCUT2D eigenvalue weighted by Gasteiger charge is 2.25. The van der Waals surface area contributed by atoms with E-state index in [0.29, 0.717) is 18.5 Å². The smallest absolute Gasteiger partial charge is 0.291 e. The van der Waals surface area contributed by atoms with Gasteiger partial charge in [0.15, 0.2) is 0 Å². The van der Waals surface area contributed by atoms with Gasteiger partial charge >= 0.3 is 0 Å². The molecule has 0 aliphatic carbocycles. The second-order valence-corrected chi connectivity index (χ2v) is 7.80. The van der Waals surface area contributed by atoms with E-state index in [-0.39, 0.29) is 11.5 Å². The van der Waals surface area contributed by atoms with Gasteiger partial charge in [0.05, 0.1) is 11.7 Å². The Balaban J connectivity index is 1.75. The van der Waals surface area contributed by atoms with Crippen LogP contribution in [0.3, 0.4) is 0 Å². The lowest BCUT2D eigenvalue weighted by atomic mass is 10.2. The van der Waals surface area contributed by atoms with Crippen molar-refractivity contribution in [1.82, 2.24) is 19.7 Å². The molecule has 4 rings (SSSR count). The van der Waals surface area contributed by atoms with Crippen LogP contribution in [0.4, 0.5) is 0 Å². The van der Waals surface area contributed by atoms with Crippen molar-refractivity contribution in [2.24, 2.45) is 7.05 Å². The Morgan fingerprint density at radius 1 is 1.21 bits per heavy atom. The van der Waals surface area contributed by atoms with Gasteiger partial charge in [-0.05, 0) is 30.4 Å². The van der Waals surface area contributed by atoms with Crippen molar-refractivity contribution < 1.29 is 4.79 Å². The Kier molecular flexibility index (Phi) is 5.00. The largest absolute Gasteiger partial charge is 0.354 e. The Labute approximate surface area is 166 Å². The quantitative estimate of drug-likeness (QED) is 0.546. The van der Waals surface area contributed by atoms with Crippen LogP contribution >= 0.6 is 11.3 Å². The number of nitrogens with one attached hydrogen (secondary N) is 1. The molecule has 0 aliphatic heterocycles. The van der Waals surface area contributed by atoms with E-state index in [1.165, 1.54) is 9.56 Å². The molecule has 4 aromatic rings. The van der Waals surface area contributed by atoms with Gasteiger partial charge in [-0.2, -0.15) is 5.10 Å². The first-order valence-electron chi connectivity index (χ1n) is 9.37. The molecule has 6 nitrogen and oxygen atoms in total. The minimum atomic E-state index is -0.458. The third-order valence-electron chi connectivity index (χ3n) is 5.06. The first-order valence-corrected chi connectivity index (χ1v) is 10.2. The van der Waals surface area contributed by atoms with Gasteiger partial charge in [0, 0.05) is 29.2 Å². The minimum absolute atomic E-state index is 0.0689. The first-order chi connectivity index (χ1) is 13.6. The van der Waals surface area contributed by atoms with E-state index in [0.717, 1.165) is 22.7 Å². The highest BCUT2D eigenvalue weighted by molar-refractivity contribution is 7.09. The average molecular weight is 395 g/mol. The topological polar surface area (TPSA) is 68.9 Å². The highest BCUT2D eigenvalue weighted by atomic mass is 32.1. The molecule has 1 atom stereocenters. The van der Waals surface area contributed by atoms with Gasteiger partial charge in [0.2, 0.25) is 5.91 Å². The van der Waals surface area contributed by atoms with E-state index >= 15 is 0 Å². The fourth-order valence-corrected chi connectivity index (χ4v) is 4.39. The maximum Gasteiger partial charge on any atom is 0.291 e. The summed E-state index contributed by atoms with van der Waals surface area (Å²) in [6.07, 6.45) is 3.10. The van der Waals surface area contributed by atoms with E-state index in [2.05, 4.69) is 16.5 Å². The zero-order valence-corrected chi connectivity index (χ0v) is 16.7. The number of aryl methyl sites for hydroxylation is 1. The summed E-state index contributed by atoms with van der Waals surface area (Å²) in [6.45, 7) is 2.54. The van der Waals surface area contributed by atoms with Crippen LogP contribution in [0.1, 0.15) is 24.3 Å². The van der Waals surface area contributed by atoms with Crippen LogP contribution in [0.25, 0.3) is 21.8 Å². The lowest BCUT2D eigenvalue weighted by molar-refractivity contribution is -0.124. The molecule has 3 aromatic heterocycles. The van der Waals surface area contributed by atoms with Crippen molar-refractivity contribution in [3.05, 3.63) is 63.2 Å². The molecule has 1 aromatic carbocycles. The van der Waals surface area contributed by atoms with Gasteiger partial charge in [-0.15, -0.1) is 11.3 Å². The number of carbonyl (C=O) groups is 1. The molecule has 0 saturated carbocycles. The molecular weight excluding hydrogens is 372 g/mol. The number of hydrogen-bond acceptors (Lipinski definition) is 4. The third-order valence-corrected chi connectivity index (χ3v) is 5.99. The van der Waals surface area contributed by atoms with E-state index in [1.807, 2.05) is 47.2 Å². The average Bonchev–Trinajstić information content (AvgIpc) is 3.33. The second kappa shape index (κ2) is 7.59. The van der Waals surface area contributed by atoms with Crippen molar-refractivity contribution in [1.29, 1.82) is 0 Å². The third kappa shape index (κ3) is 3.11. The minimum Gasteiger partial charge on any atom is -0.354 e. The van der Waals surface area contributed by atoms with Crippen LogP contribution in [0, 0.1) is 0 Å². The van der Waals surface area contributed by atoms with Crippen LogP contribution in [0.15, 0.2) is 52.8 Å². The maximum absolute atomic E-state index is 13.0. The number of thiophene rings is 1. The molecule has 144 valence electrons. The number of benzene rings is 1. The SMILES string of the molecule is CC[C@H](C(=O)NCCc1cccs1)n1c2ccccc2c2cnn(C)c(=O)c21. The molecule has 7 heteroatoms. The molecule has 3 heterocycles. The van der Waals surface area contributed by atoms with Gasteiger partial charge in [-0.25, -0.2) is 4.68 Å². The molecule has 0 spiro atoms. The summed E-state index contributed by atoms with van der Waals surface area (Å²) in [6, 6.07) is 11.4. The normalized spacial score (nSPS) is 12.5. The Morgan fingerprint density at radius 2 is 2.04 bits per heavy atom. The van der Waals surface area contributed by atoms with Gasteiger partial charge in [-0.3, -0.25) is 9.59 Å². The predicted octanol–water partition coefficient (Wildman–Crippen LogP) is 3.26. The Morgan fingerprint density at radius 3 is 2.79 bits per heavy atom. The predicted molar refractivity (Wildman–Crippen MR) is 113 cm³/mol. The van der Waals surface area contributed by atoms with Crippen LogP contribution in [0.5, 0.6) is 0 Å². The molecule has 0 unspecified atom stereocenters. The lowest BCUT2D eigenvalue weighted by Crippen LogP contribution is -2.34. The van der Waals surface area contributed by atoms with Gasteiger partial charge in [0.25, 0.3) is 5.56 Å². The summed E-state index contributed by atoms with van der Waals surface area (Å²) in [5.41, 5.74) is 1.21. The van der Waals surface area contributed by atoms with E-state index < -0.39 is 6.04 Å². The number of fused-ring (bicyclic) bond motifs is 3. The summed E-state index contributed by atoms with van der Waals surface area (Å²) in [7, 11) is 1.63.